The Balaban J connectivity index is 3.05. The first kappa shape index (κ1) is 11.6. The van der Waals surface area contributed by atoms with Gasteiger partial charge in [0.1, 0.15) is 10.7 Å². The minimum Gasteiger partial charge on any atom is -0.351 e. The Hall–Kier alpha value is -0.440. The number of hydrogen-bond acceptors (Lipinski definition) is 2. The molecule has 0 fully saturated rings. The van der Waals surface area contributed by atoms with Crippen molar-refractivity contribution in [3.05, 3.63) is 0 Å². The van der Waals surface area contributed by atoms with Crippen molar-refractivity contribution in [3.63, 3.8) is 0 Å². The second kappa shape index (κ2) is 3.30. The van der Waals surface area contributed by atoms with E-state index in [0.717, 1.165) is 10.7 Å². The molecule has 1 aliphatic heterocycles. The van der Waals surface area contributed by atoms with Crippen LogP contribution in [0.4, 0.5) is 0 Å². The highest BCUT2D eigenvalue weighted by atomic mass is 32.1. The molecule has 80 valence electrons. The summed E-state index contributed by atoms with van der Waals surface area (Å²) in [5.74, 6) is 0.445. The summed E-state index contributed by atoms with van der Waals surface area (Å²) in [4.78, 5) is 5.55. The lowest BCUT2D eigenvalue weighted by molar-refractivity contribution is 0.327. The molecule has 0 saturated carbocycles. The minimum absolute atomic E-state index is 0.0384. The third-order valence-corrected chi connectivity index (χ3v) is 3.06. The van der Waals surface area contributed by atoms with Gasteiger partial charge in [-0.05, 0) is 12.8 Å². The highest BCUT2D eigenvalue weighted by Gasteiger charge is 2.39. The summed E-state index contributed by atoms with van der Waals surface area (Å²) >= 11 is 5.31. The molecule has 3 heteroatoms. The molecule has 0 aromatic rings. The maximum Gasteiger partial charge on any atom is 0.130 e. The molecule has 1 heterocycles. The molecule has 0 spiro atoms. The van der Waals surface area contributed by atoms with Crippen LogP contribution in [-0.2, 0) is 0 Å². The van der Waals surface area contributed by atoms with Gasteiger partial charge in [-0.25, -0.2) is 0 Å². The highest BCUT2D eigenvalue weighted by molar-refractivity contribution is 7.82. The van der Waals surface area contributed by atoms with Gasteiger partial charge in [0, 0.05) is 5.41 Å². The first-order chi connectivity index (χ1) is 6.17. The molecule has 0 aromatic heterocycles. The van der Waals surface area contributed by atoms with Gasteiger partial charge in [-0.2, -0.15) is 0 Å². The Morgan fingerprint density at radius 1 is 1.36 bits per heavy atom. The lowest BCUT2D eigenvalue weighted by Crippen LogP contribution is -2.43. The van der Waals surface area contributed by atoms with Crippen molar-refractivity contribution < 1.29 is 0 Å². The number of nitrogens with one attached hydrogen (secondary N) is 1. The van der Waals surface area contributed by atoms with Gasteiger partial charge < -0.3 is 5.32 Å². The number of hydrogen-bond donors (Lipinski definition) is 1. The normalized spacial score (nSPS) is 27.9. The molecule has 1 unspecified atom stereocenters. The molecule has 0 amide bonds. The van der Waals surface area contributed by atoms with E-state index in [1.165, 1.54) is 0 Å². The smallest absolute Gasteiger partial charge is 0.130 e. The van der Waals surface area contributed by atoms with Crippen molar-refractivity contribution in [2.45, 2.75) is 47.2 Å². The first-order valence-corrected chi connectivity index (χ1v) is 5.50. The van der Waals surface area contributed by atoms with E-state index in [0.29, 0.717) is 5.92 Å². The third kappa shape index (κ3) is 1.97. The molecule has 2 nitrogen and oxygen atoms in total. The zero-order valence-corrected chi connectivity index (χ0v) is 10.7. The average Bonchev–Trinajstić information content (AvgIpc) is 2.26. The van der Waals surface area contributed by atoms with Gasteiger partial charge >= 0.3 is 0 Å². The van der Waals surface area contributed by atoms with Crippen molar-refractivity contribution in [1.29, 1.82) is 0 Å². The summed E-state index contributed by atoms with van der Waals surface area (Å²) in [6.07, 6.45) is 0. The van der Waals surface area contributed by atoms with Gasteiger partial charge in [-0.15, -0.1) is 0 Å². The Morgan fingerprint density at radius 3 is 2.07 bits per heavy atom. The quantitative estimate of drug-likeness (QED) is 0.676. The predicted octanol–water partition coefficient (Wildman–Crippen LogP) is 2.78. The fourth-order valence-corrected chi connectivity index (χ4v) is 1.94. The summed E-state index contributed by atoms with van der Waals surface area (Å²) < 4.78 is 0. The molecule has 1 atom stereocenters. The Bertz CT molecular complexity index is 286. The zero-order chi connectivity index (χ0) is 11.1. The summed E-state index contributed by atoms with van der Waals surface area (Å²) in [5.41, 5.74) is 0.861. The second-order valence-corrected chi connectivity index (χ2v) is 5.88. The second-order valence-electron chi connectivity index (χ2n) is 5.47. The van der Waals surface area contributed by atoms with E-state index in [9.17, 15) is 0 Å². The van der Waals surface area contributed by atoms with Crippen LogP contribution >= 0.6 is 12.2 Å². The fourth-order valence-electron chi connectivity index (χ4n) is 1.38. The van der Waals surface area contributed by atoms with E-state index in [-0.39, 0.29) is 11.1 Å². The molecule has 0 radical (unpaired) electrons. The van der Waals surface area contributed by atoms with Crippen LogP contribution in [0.2, 0.25) is 0 Å². The maximum atomic E-state index is 5.31. The molecule has 1 rings (SSSR count). The lowest BCUT2D eigenvalue weighted by atomic mass is 9.90. The average molecular weight is 212 g/mol. The van der Waals surface area contributed by atoms with Gasteiger partial charge in [0.25, 0.3) is 0 Å². The number of rotatable bonds is 1. The van der Waals surface area contributed by atoms with Crippen LogP contribution in [0.15, 0.2) is 4.99 Å². The van der Waals surface area contributed by atoms with Crippen molar-refractivity contribution >= 4 is 22.9 Å². The van der Waals surface area contributed by atoms with Gasteiger partial charge in [-0.1, -0.05) is 46.8 Å². The SMILES string of the molecule is CC(C)C1(C)N=C(C(C)(C)C)C(=S)N1. The van der Waals surface area contributed by atoms with Crippen molar-refractivity contribution in [2.75, 3.05) is 0 Å². The lowest BCUT2D eigenvalue weighted by Gasteiger charge is -2.26. The Labute approximate surface area is 92.2 Å². The summed E-state index contributed by atoms with van der Waals surface area (Å²) in [7, 11) is 0. The predicted molar refractivity (Wildman–Crippen MR) is 65.9 cm³/mol. The first-order valence-electron chi connectivity index (χ1n) is 5.09. The van der Waals surface area contributed by atoms with Gasteiger partial charge in [0.15, 0.2) is 0 Å². The van der Waals surface area contributed by atoms with Crippen LogP contribution in [0.25, 0.3) is 0 Å². The molecule has 14 heavy (non-hydrogen) atoms. The molecule has 0 aromatic carbocycles. The largest absolute Gasteiger partial charge is 0.351 e. The van der Waals surface area contributed by atoms with Crippen molar-refractivity contribution in [1.82, 2.24) is 5.32 Å². The van der Waals surface area contributed by atoms with E-state index in [2.05, 4.69) is 46.9 Å². The van der Waals surface area contributed by atoms with Crippen molar-refractivity contribution in [2.24, 2.45) is 16.3 Å². The topological polar surface area (TPSA) is 24.4 Å². The van der Waals surface area contributed by atoms with Gasteiger partial charge in [-0.3, -0.25) is 4.99 Å². The standard InChI is InChI=1S/C11H20N2S/c1-7(2)11(6)12-8(9(14)13-11)10(3,4)5/h7H,1-6H3,(H,13,14). The van der Waals surface area contributed by atoms with E-state index in [1.807, 2.05) is 0 Å². The molecule has 1 aliphatic rings. The zero-order valence-electron chi connectivity index (χ0n) is 9.93. The fraction of sp³-hybridized carbons (Fsp3) is 0.818. The van der Waals surface area contributed by atoms with E-state index in [4.69, 9.17) is 17.2 Å². The molecule has 0 bridgehead atoms. The van der Waals surface area contributed by atoms with E-state index < -0.39 is 0 Å². The summed E-state index contributed by atoms with van der Waals surface area (Å²) in [6, 6.07) is 0. The number of aliphatic imine (C=N–C) groups is 1. The van der Waals surface area contributed by atoms with Crippen LogP contribution in [0.5, 0.6) is 0 Å². The monoisotopic (exact) mass is 212 g/mol. The number of thiocarbonyl (C=S) groups is 1. The Morgan fingerprint density at radius 2 is 1.86 bits per heavy atom. The summed E-state index contributed by atoms with van der Waals surface area (Å²) in [5, 5.41) is 3.31. The van der Waals surface area contributed by atoms with Crippen molar-refractivity contribution in [3.8, 4) is 0 Å². The number of nitrogens with zero attached hydrogens (tertiary/aromatic N) is 1. The Kier molecular flexibility index (Phi) is 2.74. The van der Waals surface area contributed by atoms with Crippen LogP contribution in [-0.4, -0.2) is 16.4 Å². The molecule has 0 saturated heterocycles. The van der Waals surface area contributed by atoms with E-state index in [1.54, 1.807) is 0 Å². The van der Waals surface area contributed by atoms with Gasteiger partial charge in [0.2, 0.25) is 0 Å². The van der Waals surface area contributed by atoms with Crippen LogP contribution in [0, 0.1) is 11.3 Å². The van der Waals surface area contributed by atoms with Gasteiger partial charge in [0.05, 0.1) is 5.71 Å². The highest BCUT2D eigenvalue weighted by Crippen LogP contribution is 2.29. The summed E-state index contributed by atoms with van der Waals surface area (Å²) in [6.45, 7) is 12.8. The van der Waals surface area contributed by atoms with Crippen LogP contribution < -0.4 is 5.32 Å². The van der Waals surface area contributed by atoms with Crippen LogP contribution in [0.3, 0.4) is 0 Å². The third-order valence-electron chi connectivity index (χ3n) is 2.76. The molecule has 0 aliphatic carbocycles. The molecule has 1 N–H and O–H groups in total. The minimum atomic E-state index is -0.209. The molecular formula is C11H20N2S. The van der Waals surface area contributed by atoms with Crippen LogP contribution in [0.1, 0.15) is 41.5 Å². The van der Waals surface area contributed by atoms with E-state index >= 15 is 0 Å². The maximum absolute atomic E-state index is 5.31. The molecular weight excluding hydrogens is 192 g/mol.